The Morgan fingerprint density at radius 3 is 2.55 bits per heavy atom. The summed E-state index contributed by atoms with van der Waals surface area (Å²) in [6, 6.07) is 9.72. The van der Waals surface area contributed by atoms with E-state index in [2.05, 4.69) is 27.3 Å². The predicted molar refractivity (Wildman–Crippen MR) is 89.4 cm³/mol. The van der Waals surface area contributed by atoms with Crippen molar-refractivity contribution in [2.24, 2.45) is 0 Å². The van der Waals surface area contributed by atoms with Crippen LogP contribution in [0, 0.1) is 6.92 Å². The lowest BCUT2D eigenvalue weighted by Gasteiger charge is -2.30. The molecule has 1 aromatic heterocycles. The highest BCUT2D eigenvalue weighted by atomic mass is 16.1. The van der Waals surface area contributed by atoms with E-state index in [9.17, 15) is 4.79 Å². The summed E-state index contributed by atoms with van der Waals surface area (Å²) in [6.45, 7) is 4.16. The number of aromatic nitrogens is 1. The lowest BCUT2D eigenvalue weighted by atomic mass is 10.1. The Kier molecular flexibility index (Phi) is 4.37. The van der Waals surface area contributed by atoms with Gasteiger partial charge >= 0.3 is 0 Å². The zero-order valence-electron chi connectivity index (χ0n) is 12.9. The first kappa shape index (κ1) is 14.6. The number of amides is 1. The van der Waals surface area contributed by atoms with Crippen LogP contribution >= 0.6 is 0 Å². The van der Waals surface area contributed by atoms with Gasteiger partial charge in [-0.15, -0.1) is 0 Å². The smallest absolute Gasteiger partial charge is 0.255 e. The number of carbonyl (C=O) groups excluding carboxylic acids is 1. The highest BCUT2D eigenvalue weighted by Gasteiger charge is 2.16. The number of hydrogen-bond donors (Lipinski definition) is 1. The average Bonchev–Trinajstić information content (AvgIpc) is 2.56. The number of benzene rings is 1. The molecule has 0 bridgehead atoms. The Morgan fingerprint density at radius 1 is 1.09 bits per heavy atom. The van der Waals surface area contributed by atoms with E-state index in [1.54, 1.807) is 24.5 Å². The molecule has 0 atom stereocenters. The lowest BCUT2D eigenvalue weighted by Crippen LogP contribution is -2.30. The van der Waals surface area contributed by atoms with Gasteiger partial charge in [-0.3, -0.25) is 9.78 Å². The topological polar surface area (TPSA) is 45.2 Å². The maximum atomic E-state index is 12.4. The van der Waals surface area contributed by atoms with Gasteiger partial charge in [-0.2, -0.15) is 0 Å². The summed E-state index contributed by atoms with van der Waals surface area (Å²) in [7, 11) is 0. The highest BCUT2D eigenvalue weighted by molar-refractivity contribution is 6.05. The third-order valence-electron chi connectivity index (χ3n) is 4.04. The Balaban J connectivity index is 1.85. The molecule has 1 saturated heterocycles. The monoisotopic (exact) mass is 295 g/mol. The fraction of sp³-hybridized carbons (Fsp3) is 0.333. The quantitative estimate of drug-likeness (QED) is 0.940. The van der Waals surface area contributed by atoms with Crippen LogP contribution in [0.4, 0.5) is 11.4 Å². The Labute approximate surface area is 131 Å². The van der Waals surface area contributed by atoms with E-state index in [1.807, 2.05) is 13.0 Å². The zero-order chi connectivity index (χ0) is 15.4. The second-order valence-electron chi connectivity index (χ2n) is 5.76. The molecule has 0 aliphatic carbocycles. The molecule has 114 valence electrons. The first-order valence-electron chi connectivity index (χ1n) is 7.81. The van der Waals surface area contributed by atoms with Crippen molar-refractivity contribution in [1.29, 1.82) is 0 Å². The highest BCUT2D eigenvalue weighted by Crippen LogP contribution is 2.29. The number of aryl methyl sites for hydroxylation is 1. The van der Waals surface area contributed by atoms with Crippen LogP contribution in [0.15, 0.2) is 42.7 Å². The van der Waals surface area contributed by atoms with Gasteiger partial charge in [-0.1, -0.05) is 6.07 Å². The number of nitrogens with zero attached hydrogens (tertiary/aromatic N) is 2. The average molecular weight is 295 g/mol. The number of rotatable bonds is 3. The van der Waals surface area contributed by atoms with Crippen molar-refractivity contribution in [3.05, 3.63) is 53.9 Å². The summed E-state index contributed by atoms with van der Waals surface area (Å²) in [5, 5.41) is 3.06. The van der Waals surface area contributed by atoms with Crippen molar-refractivity contribution >= 4 is 17.3 Å². The molecule has 3 rings (SSSR count). The summed E-state index contributed by atoms with van der Waals surface area (Å²) in [5.41, 5.74) is 3.78. The Bertz CT molecular complexity index is 649. The number of hydrogen-bond acceptors (Lipinski definition) is 3. The molecule has 1 fully saturated rings. The minimum absolute atomic E-state index is 0.0914. The minimum atomic E-state index is -0.0914. The molecule has 1 aliphatic heterocycles. The molecule has 1 N–H and O–H groups in total. The molecular weight excluding hydrogens is 274 g/mol. The summed E-state index contributed by atoms with van der Waals surface area (Å²) in [5.74, 6) is -0.0914. The number of nitrogens with one attached hydrogen (secondary N) is 1. The summed E-state index contributed by atoms with van der Waals surface area (Å²) < 4.78 is 0. The van der Waals surface area contributed by atoms with Gasteiger partial charge in [-0.05, 0) is 56.0 Å². The van der Waals surface area contributed by atoms with E-state index < -0.39 is 0 Å². The van der Waals surface area contributed by atoms with Crippen LogP contribution in [-0.2, 0) is 0 Å². The van der Waals surface area contributed by atoms with E-state index in [-0.39, 0.29) is 5.91 Å². The number of pyridine rings is 1. The van der Waals surface area contributed by atoms with Crippen LogP contribution in [0.2, 0.25) is 0 Å². The van der Waals surface area contributed by atoms with E-state index >= 15 is 0 Å². The van der Waals surface area contributed by atoms with Crippen molar-refractivity contribution in [3.8, 4) is 0 Å². The van der Waals surface area contributed by atoms with Crippen LogP contribution in [0.1, 0.15) is 35.2 Å². The molecule has 0 saturated carbocycles. The van der Waals surface area contributed by atoms with E-state index in [4.69, 9.17) is 0 Å². The largest absolute Gasteiger partial charge is 0.370 e. The van der Waals surface area contributed by atoms with Crippen LogP contribution in [0.5, 0.6) is 0 Å². The van der Waals surface area contributed by atoms with Crippen LogP contribution in [-0.4, -0.2) is 24.0 Å². The molecule has 1 amide bonds. The molecule has 4 heteroatoms. The lowest BCUT2D eigenvalue weighted by molar-refractivity contribution is 0.102. The molecule has 2 aromatic rings. The van der Waals surface area contributed by atoms with Gasteiger partial charge in [0.2, 0.25) is 0 Å². The van der Waals surface area contributed by atoms with Crippen LogP contribution < -0.4 is 10.2 Å². The van der Waals surface area contributed by atoms with Gasteiger partial charge in [0.25, 0.3) is 5.91 Å². The zero-order valence-corrected chi connectivity index (χ0v) is 12.9. The minimum Gasteiger partial charge on any atom is -0.370 e. The van der Waals surface area contributed by atoms with Gasteiger partial charge in [0.1, 0.15) is 0 Å². The second-order valence-corrected chi connectivity index (χ2v) is 5.76. The van der Waals surface area contributed by atoms with Gasteiger partial charge in [0.15, 0.2) is 0 Å². The standard InChI is InChI=1S/C18H21N3O/c1-14-5-6-17(21-11-3-2-4-12-21)16(13-14)20-18(22)15-7-9-19-10-8-15/h5-10,13H,2-4,11-12H2,1H3,(H,20,22). The molecule has 2 heterocycles. The summed E-state index contributed by atoms with van der Waals surface area (Å²) >= 11 is 0. The molecule has 0 radical (unpaired) electrons. The fourth-order valence-electron chi connectivity index (χ4n) is 2.86. The predicted octanol–water partition coefficient (Wildman–Crippen LogP) is 3.63. The number of anilines is 2. The maximum absolute atomic E-state index is 12.4. The Morgan fingerprint density at radius 2 is 1.82 bits per heavy atom. The van der Waals surface area contributed by atoms with E-state index in [0.29, 0.717) is 5.56 Å². The molecule has 0 spiro atoms. The van der Waals surface area contributed by atoms with Gasteiger partial charge in [0.05, 0.1) is 11.4 Å². The molecule has 1 aliphatic rings. The van der Waals surface area contributed by atoms with Crippen LogP contribution in [0.3, 0.4) is 0 Å². The third-order valence-corrected chi connectivity index (χ3v) is 4.04. The summed E-state index contributed by atoms with van der Waals surface area (Å²) in [6.07, 6.45) is 6.99. The van der Waals surface area contributed by atoms with Crippen molar-refractivity contribution < 1.29 is 4.79 Å². The molecule has 0 unspecified atom stereocenters. The summed E-state index contributed by atoms with van der Waals surface area (Å²) in [4.78, 5) is 18.7. The van der Waals surface area contributed by atoms with Crippen molar-refractivity contribution in [3.63, 3.8) is 0 Å². The number of carbonyl (C=O) groups is 1. The van der Waals surface area contributed by atoms with Crippen molar-refractivity contribution in [2.75, 3.05) is 23.3 Å². The number of piperidine rings is 1. The fourth-order valence-corrected chi connectivity index (χ4v) is 2.86. The molecule has 22 heavy (non-hydrogen) atoms. The SMILES string of the molecule is Cc1ccc(N2CCCCC2)c(NC(=O)c2ccncc2)c1. The second kappa shape index (κ2) is 6.60. The van der Waals surface area contributed by atoms with Crippen molar-refractivity contribution in [1.82, 2.24) is 4.98 Å². The van der Waals surface area contributed by atoms with Gasteiger partial charge < -0.3 is 10.2 Å². The third kappa shape index (κ3) is 3.27. The van der Waals surface area contributed by atoms with Gasteiger partial charge in [0, 0.05) is 31.0 Å². The maximum Gasteiger partial charge on any atom is 0.255 e. The first-order chi connectivity index (χ1) is 10.7. The van der Waals surface area contributed by atoms with E-state index in [0.717, 1.165) is 30.0 Å². The normalized spacial score (nSPS) is 14.7. The van der Waals surface area contributed by atoms with Crippen molar-refractivity contribution in [2.45, 2.75) is 26.2 Å². The first-order valence-corrected chi connectivity index (χ1v) is 7.81. The Hall–Kier alpha value is -2.36. The molecular formula is C18H21N3O. The molecule has 4 nitrogen and oxygen atoms in total. The molecule has 1 aromatic carbocycles. The van der Waals surface area contributed by atoms with Crippen LogP contribution in [0.25, 0.3) is 0 Å². The van der Waals surface area contributed by atoms with Gasteiger partial charge in [-0.25, -0.2) is 0 Å². The van der Waals surface area contributed by atoms with E-state index in [1.165, 1.54) is 19.3 Å².